The molecule has 2 rings (SSSR count). The van der Waals surface area contributed by atoms with Crippen LogP contribution in [0.25, 0.3) is 0 Å². The highest BCUT2D eigenvalue weighted by atomic mass is 32.2. The maximum Gasteiger partial charge on any atom is 0.260 e. The van der Waals surface area contributed by atoms with Gasteiger partial charge in [-0.25, -0.2) is 18.1 Å². The van der Waals surface area contributed by atoms with Gasteiger partial charge in [-0.2, -0.15) is 0 Å². The highest BCUT2D eigenvalue weighted by Gasteiger charge is 2.29. The predicted octanol–water partition coefficient (Wildman–Crippen LogP) is -0.532. The van der Waals surface area contributed by atoms with Crippen LogP contribution in [0.15, 0.2) is 23.4 Å². The van der Waals surface area contributed by atoms with E-state index in [1.165, 1.54) is 12.3 Å². The molecule has 8 heteroatoms. The first kappa shape index (κ1) is 13.8. The Morgan fingerprint density at radius 2 is 2.16 bits per heavy atom. The van der Waals surface area contributed by atoms with E-state index in [9.17, 15) is 13.2 Å². The Hall–Kier alpha value is -1.67. The summed E-state index contributed by atoms with van der Waals surface area (Å²) in [5, 5.41) is 2.47. The molecule has 0 unspecified atom stereocenters. The smallest absolute Gasteiger partial charge is 0.260 e. The summed E-state index contributed by atoms with van der Waals surface area (Å²) < 4.78 is 26.1. The number of hydrogen-bond donors (Lipinski definition) is 3. The average molecular weight is 284 g/mol. The van der Waals surface area contributed by atoms with Crippen molar-refractivity contribution in [2.75, 3.05) is 18.8 Å². The number of amides is 1. The van der Waals surface area contributed by atoms with Crippen LogP contribution in [0.1, 0.15) is 12.8 Å². The first-order valence-electron chi connectivity index (χ1n) is 5.98. The summed E-state index contributed by atoms with van der Waals surface area (Å²) in [6.07, 6.45) is 3.20. The molecule has 1 saturated carbocycles. The minimum absolute atomic E-state index is 0.0171. The third-order valence-electron chi connectivity index (χ3n) is 2.72. The molecule has 0 radical (unpaired) electrons. The minimum Gasteiger partial charge on any atom is -0.396 e. The van der Waals surface area contributed by atoms with Crippen LogP contribution >= 0.6 is 0 Å². The maximum atomic E-state index is 11.9. The van der Waals surface area contributed by atoms with Crippen molar-refractivity contribution in [3.8, 4) is 0 Å². The highest BCUT2D eigenvalue weighted by Crippen LogP contribution is 2.28. The molecule has 104 valence electrons. The van der Waals surface area contributed by atoms with E-state index >= 15 is 0 Å². The third-order valence-corrected chi connectivity index (χ3v) is 4.15. The molecule has 1 aromatic heterocycles. The van der Waals surface area contributed by atoms with Crippen LogP contribution < -0.4 is 15.8 Å². The Kier molecular flexibility index (Phi) is 4.01. The number of anilines is 1. The van der Waals surface area contributed by atoms with Gasteiger partial charge in [0.2, 0.25) is 5.91 Å². The monoisotopic (exact) mass is 284 g/mol. The van der Waals surface area contributed by atoms with Gasteiger partial charge in [0.25, 0.3) is 10.0 Å². The number of nitrogens with one attached hydrogen (secondary N) is 2. The fraction of sp³-hybridized carbons (Fsp3) is 0.455. The van der Waals surface area contributed by atoms with Gasteiger partial charge in [-0.15, -0.1) is 0 Å². The van der Waals surface area contributed by atoms with Gasteiger partial charge >= 0.3 is 0 Å². The molecule has 0 bridgehead atoms. The van der Waals surface area contributed by atoms with Gasteiger partial charge in [0.1, 0.15) is 0 Å². The highest BCUT2D eigenvalue weighted by molar-refractivity contribution is 7.89. The fourth-order valence-corrected chi connectivity index (χ4v) is 2.64. The van der Waals surface area contributed by atoms with E-state index in [-0.39, 0.29) is 35.6 Å². The molecule has 19 heavy (non-hydrogen) atoms. The van der Waals surface area contributed by atoms with E-state index in [4.69, 9.17) is 5.73 Å². The molecule has 7 nitrogen and oxygen atoms in total. The molecule has 0 saturated heterocycles. The number of hydrogen-bond acceptors (Lipinski definition) is 5. The summed E-state index contributed by atoms with van der Waals surface area (Å²) in [5.74, 6) is 0.0968. The van der Waals surface area contributed by atoms with Crippen molar-refractivity contribution in [1.82, 2.24) is 15.0 Å². The van der Waals surface area contributed by atoms with Gasteiger partial charge < -0.3 is 11.1 Å². The Labute approximate surface area is 111 Å². The fourth-order valence-electron chi connectivity index (χ4n) is 1.56. The molecule has 1 aromatic rings. The molecule has 1 fully saturated rings. The number of nitrogen functional groups attached to an aromatic ring is 1. The van der Waals surface area contributed by atoms with Crippen molar-refractivity contribution in [3.63, 3.8) is 0 Å². The van der Waals surface area contributed by atoms with Crippen LogP contribution in [0, 0.1) is 5.92 Å². The van der Waals surface area contributed by atoms with E-state index in [0.29, 0.717) is 0 Å². The molecule has 1 aliphatic rings. The summed E-state index contributed by atoms with van der Waals surface area (Å²) >= 11 is 0. The van der Waals surface area contributed by atoms with Gasteiger partial charge in [-0.3, -0.25) is 4.79 Å². The standard InChI is InChI=1S/C11H16N4O3S/c12-9-2-1-5-14-11(9)19(17,18)15-7-6-13-10(16)8-3-4-8/h1-2,5,8,15H,3-4,6-7,12H2,(H,13,16). The lowest BCUT2D eigenvalue weighted by Crippen LogP contribution is -2.35. The van der Waals surface area contributed by atoms with Crippen LogP contribution in [0.4, 0.5) is 5.69 Å². The average Bonchev–Trinajstić information content (AvgIpc) is 3.19. The van der Waals surface area contributed by atoms with Crippen molar-refractivity contribution in [2.45, 2.75) is 17.9 Å². The summed E-state index contributed by atoms with van der Waals surface area (Å²) in [6, 6.07) is 3.03. The predicted molar refractivity (Wildman–Crippen MR) is 69.6 cm³/mol. The Morgan fingerprint density at radius 1 is 1.42 bits per heavy atom. The molecule has 4 N–H and O–H groups in total. The number of aromatic nitrogens is 1. The molecule has 0 aliphatic heterocycles. The Morgan fingerprint density at radius 3 is 2.79 bits per heavy atom. The molecule has 0 aromatic carbocycles. The molecule has 0 spiro atoms. The number of carbonyl (C=O) groups excluding carboxylic acids is 1. The molecule has 1 amide bonds. The first-order valence-corrected chi connectivity index (χ1v) is 7.47. The summed E-state index contributed by atoms with van der Waals surface area (Å²) in [7, 11) is -3.73. The number of pyridine rings is 1. The van der Waals surface area contributed by atoms with Crippen LogP contribution in [-0.4, -0.2) is 32.4 Å². The minimum atomic E-state index is -3.73. The van der Waals surface area contributed by atoms with Crippen molar-refractivity contribution in [1.29, 1.82) is 0 Å². The van der Waals surface area contributed by atoms with E-state index in [2.05, 4.69) is 15.0 Å². The van der Waals surface area contributed by atoms with Gasteiger partial charge in [0.15, 0.2) is 5.03 Å². The molecular formula is C11H16N4O3S. The maximum absolute atomic E-state index is 11.9. The lowest BCUT2D eigenvalue weighted by molar-refractivity contribution is -0.122. The van der Waals surface area contributed by atoms with Crippen molar-refractivity contribution in [3.05, 3.63) is 18.3 Å². The van der Waals surface area contributed by atoms with Crippen LogP contribution in [0.2, 0.25) is 0 Å². The first-order chi connectivity index (χ1) is 9.00. The lowest BCUT2D eigenvalue weighted by atomic mass is 10.4. The SMILES string of the molecule is Nc1cccnc1S(=O)(=O)NCCNC(=O)C1CC1. The van der Waals surface area contributed by atoms with Gasteiger partial charge in [0.05, 0.1) is 5.69 Å². The van der Waals surface area contributed by atoms with Crippen molar-refractivity contribution in [2.24, 2.45) is 5.92 Å². The molecule has 0 atom stereocenters. The number of nitrogens with zero attached hydrogens (tertiary/aromatic N) is 1. The molecular weight excluding hydrogens is 268 g/mol. The number of sulfonamides is 1. The molecule has 1 heterocycles. The Bertz CT molecular complexity index is 569. The van der Waals surface area contributed by atoms with Crippen LogP contribution in [-0.2, 0) is 14.8 Å². The zero-order valence-corrected chi connectivity index (χ0v) is 11.1. The second-order valence-corrected chi connectivity index (χ2v) is 6.04. The zero-order chi connectivity index (χ0) is 13.9. The zero-order valence-electron chi connectivity index (χ0n) is 10.3. The van der Waals surface area contributed by atoms with Gasteiger partial charge in [-0.05, 0) is 25.0 Å². The second kappa shape index (κ2) is 5.54. The molecule has 1 aliphatic carbocycles. The van der Waals surface area contributed by atoms with Crippen molar-refractivity contribution < 1.29 is 13.2 Å². The van der Waals surface area contributed by atoms with E-state index in [1.807, 2.05) is 0 Å². The van der Waals surface area contributed by atoms with E-state index < -0.39 is 10.0 Å². The second-order valence-electron chi connectivity index (χ2n) is 4.36. The lowest BCUT2D eigenvalue weighted by Gasteiger charge is -2.08. The summed E-state index contributed by atoms with van der Waals surface area (Å²) in [6.45, 7) is 0.359. The van der Waals surface area contributed by atoms with E-state index in [1.54, 1.807) is 6.07 Å². The van der Waals surface area contributed by atoms with Crippen LogP contribution in [0.3, 0.4) is 0 Å². The summed E-state index contributed by atoms with van der Waals surface area (Å²) in [5.41, 5.74) is 5.65. The quantitative estimate of drug-likeness (QED) is 0.607. The topological polar surface area (TPSA) is 114 Å². The largest absolute Gasteiger partial charge is 0.396 e. The number of carbonyl (C=O) groups is 1. The number of rotatable bonds is 6. The summed E-state index contributed by atoms with van der Waals surface area (Å²) in [4.78, 5) is 15.1. The van der Waals surface area contributed by atoms with Crippen molar-refractivity contribution >= 4 is 21.6 Å². The normalized spacial score (nSPS) is 15.2. The number of nitrogens with two attached hydrogens (primary N) is 1. The van der Waals surface area contributed by atoms with Gasteiger partial charge in [-0.1, -0.05) is 0 Å². The van der Waals surface area contributed by atoms with Gasteiger partial charge in [0, 0.05) is 25.2 Å². The van der Waals surface area contributed by atoms with E-state index in [0.717, 1.165) is 12.8 Å². The van der Waals surface area contributed by atoms with Crippen LogP contribution in [0.5, 0.6) is 0 Å². The third kappa shape index (κ3) is 3.65. The Balaban J connectivity index is 1.84.